The lowest BCUT2D eigenvalue weighted by atomic mass is 10.2. The van der Waals surface area contributed by atoms with Crippen LogP contribution in [-0.2, 0) is 0 Å². The van der Waals surface area contributed by atoms with Gasteiger partial charge in [0.2, 0.25) is 0 Å². The summed E-state index contributed by atoms with van der Waals surface area (Å²) in [6.45, 7) is 4.17. The number of carbonyl (C=O) groups excluding carboxylic acids is 2. The number of aryl methyl sites for hydroxylation is 1. The van der Waals surface area contributed by atoms with E-state index < -0.39 is 12.1 Å². The number of nitrogens with one attached hydrogen (secondary N) is 3. The summed E-state index contributed by atoms with van der Waals surface area (Å²) in [6, 6.07) is 15.5. The molecule has 2 aromatic carbocycles. The van der Waals surface area contributed by atoms with Gasteiger partial charge in [0.05, 0.1) is 5.69 Å². The highest BCUT2D eigenvalue weighted by atomic mass is 16.2. The van der Waals surface area contributed by atoms with Crippen LogP contribution in [0, 0.1) is 6.92 Å². The van der Waals surface area contributed by atoms with Crippen molar-refractivity contribution in [2.45, 2.75) is 13.8 Å². The Hall–Kier alpha value is -3.02. The van der Waals surface area contributed by atoms with E-state index in [9.17, 15) is 9.59 Å². The Morgan fingerprint density at radius 2 is 1.65 bits per heavy atom. The van der Waals surface area contributed by atoms with E-state index in [4.69, 9.17) is 0 Å². The maximum Gasteiger partial charge on any atom is 0.345 e. The highest BCUT2D eigenvalue weighted by Gasteiger charge is 2.18. The first-order valence-corrected chi connectivity index (χ1v) is 7.38. The molecule has 0 radical (unpaired) electrons. The predicted molar refractivity (Wildman–Crippen MR) is 91.3 cm³/mol. The molecule has 0 aliphatic carbocycles. The molecule has 0 fully saturated rings. The van der Waals surface area contributed by atoms with E-state index in [-0.39, 0.29) is 0 Å². The summed E-state index contributed by atoms with van der Waals surface area (Å²) in [6.07, 6.45) is 0. The average molecular weight is 312 g/mol. The lowest BCUT2D eigenvalue weighted by molar-refractivity contribution is 0.235. The third-order valence-electron chi connectivity index (χ3n) is 3.15. The van der Waals surface area contributed by atoms with Gasteiger partial charge in [-0.25, -0.2) is 20.0 Å². The summed E-state index contributed by atoms with van der Waals surface area (Å²) in [5.74, 6) is 0. The number of carbonyl (C=O) groups is 2. The van der Waals surface area contributed by atoms with Crippen molar-refractivity contribution in [3.8, 4) is 0 Å². The number of benzene rings is 2. The van der Waals surface area contributed by atoms with Crippen LogP contribution in [0.3, 0.4) is 0 Å². The van der Waals surface area contributed by atoms with Crippen LogP contribution >= 0.6 is 0 Å². The van der Waals surface area contributed by atoms with E-state index >= 15 is 0 Å². The number of para-hydroxylation sites is 2. The average Bonchev–Trinajstić information content (AvgIpc) is 2.56. The van der Waals surface area contributed by atoms with Gasteiger partial charge in [-0.1, -0.05) is 36.4 Å². The molecule has 6 heteroatoms. The molecule has 4 amide bonds. The number of rotatable bonds is 3. The molecular weight excluding hydrogens is 292 g/mol. The van der Waals surface area contributed by atoms with Gasteiger partial charge in [-0.3, -0.25) is 0 Å². The Morgan fingerprint density at radius 3 is 2.30 bits per heavy atom. The van der Waals surface area contributed by atoms with Crippen LogP contribution in [-0.4, -0.2) is 18.6 Å². The summed E-state index contributed by atoms with van der Waals surface area (Å²) in [7, 11) is 0. The molecule has 0 heterocycles. The number of hydrogen-bond acceptors (Lipinski definition) is 2. The molecule has 23 heavy (non-hydrogen) atoms. The van der Waals surface area contributed by atoms with Crippen molar-refractivity contribution < 1.29 is 9.59 Å². The van der Waals surface area contributed by atoms with Crippen LogP contribution in [0.1, 0.15) is 12.5 Å². The largest absolute Gasteiger partial charge is 0.345 e. The number of amides is 4. The van der Waals surface area contributed by atoms with Crippen molar-refractivity contribution >= 4 is 23.4 Å². The zero-order chi connectivity index (χ0) is 16.7. The third kappa shape index (κ3) is 4.47. The fourth-order valence-corrected chi connectivity index (χ4v) is 2.00. The van der Waals surface area contributed by atoms with E-state index in [1.165, 1.54) is 5.01 Å². The molecule has 0 unspecified atom stereocenters. The van der Waals surface area contributed by atoms with E-state index in [1.807, 2.05) is 37.3 Å². The molecule has 3 N–H and O–H groups in total. The Labute approximate surface area is 135 Å². The van der Waals surface area contributed by atoms with Gasteiger partial charge in [0.1, 0.15) is 0 Å². The highest BCUT2D eigenvalue weighted by molar-refractivity contribution is 6.03. The molecule has 2 aromatic rings. The Balaban J connectivity index is 2.21. The van der Waals surface area contributed by atoms with Gasteiger partial charge < -0.3 is 10.6 Å². The van der Waals surface area contributed by atoms with Crippen molar-refractivity contribution in [1.29, 1.82) is 0 Å². The number of urea groups is 2. The first kappa shape index (κ1) is 16.4. The zero-order valence-electron chi connectivity index (χ0n) is 13.2. The maximum atomic E-state index is 12.6. The van der Waals surface area contributed by atoms with Gasteiger partial charge in [-0.05, 0) is 37.6 Å². The lowest BCUT2D eigenvalue weighted by Gasteiger charge is -2.24. The molecule has 0 aliphatic rings. The van der Waals surface area contributed by atoms with E-state index in [0.717, 1.165) is 5.56 Å². The summed E-state index contributed by atoms with van der Waals surface area (Å²) in [5, 5.41) is 6.58. The molecule has 0 atom stereocenters. The Bertz CT molecular complexity index is 673. The molecule has 0 spiro atoms. The van der Waals surface area contributed by atoms with E-state index in [2.05, 4.69) is 16.1 Å². The molecule has 2 rings (SSSR count). The van der Waals surface area contributed by atoms with Gasteiger partial charge >= 0.3 is 12.1 Å². The normalized spacial score (nSPS) is 9.83. The summed E-state index contributed by atoms with van der Waals surface area (Å²) in [4.78, 5) is 24.4. The second-order valence-electron chi connectivity index (χ2n) is 4.89. The third-order valence-corrected chi connectivity index (χ3v) is 3.15. The molecular formula is C17H20N4O2. The predicted octanol–water partition coefficient (Wildman–Crippen LogP) is 3.27. The van der Waals surface area contributed by atoms with Crippen LogP contribution in [0.15, 0.2) is 54.6 Å². The highest BCUT2D eigenvalue weighted by Crippen LogP contribution is 2.16. The summed E-state index contributed by atoms with van der Waals surface area (Å²) in [5.41, 5.74) is 4.73. The van der Waals surface area contributed by atoms with Crippen LogP contribution in [0.25, 0.3) is 0 Å². The smallest absolute Gasteiger partial charge is 0.337 e. The van der Waals surface area contributed by atoms with Gasteiger partial charge in [0.25, 0.3) is 0 Å². The molecule has 0 saturated carbocycles. The molecule has 0 aromatic heterocycles. The van der Waals surface area contributed by atoms with Crippen molar-refractivity contribution in [2.75, 3.05) is 16.9 Å². The minimum absolute atomic E-state index is 0.447. The van der Waals surface area contributed by atoms with Crippen molar-refractivity contribution in [3.63, 3.8) is 0 Å². The van der Waals surface area contributed by atoms with Crippen LogP contribution in [0.5, 0.6) is 0 Å². The van der Waals surface area contributed by atoms with Gasteiger partial charge in [-0.2, -0.15) is 0 Å². The first-order valence-electron chi connectivity index (χ1n) is 7.38. The van der Waals surface area contributed by atoms with Crippen LogP contribution in [0.4, 0.5) is 21.0 Å². The second kappa shape index (κ2) is 7.84. The number of anilines is 2. The minimum atomic E-state index is -0.448. The van der Waals surface area contributed by atoms with Crippen LogP contribution in [0.2, 0.25) is 0 Å². The van der Waals surface area contributed by atoms with Gasteiger partial charge in [0.15, 0.2) is 0 Å². The molecule has 0 bridgehead atoms. The Morgan fingerprint density at radius 1 is 1.00 bits per heavy atom. The monoisotopic (exact) mass is 312 g/mol. The summed E-state index contributed by atoms with van der Waals surface area (Å²) >= 11 is 0. The van der Waals surface area contributed by atoms with Crippen molar-refractivity contribution in [2.24, 2.45) is 0 Å². The van der Waals surface area contributed by atoms with Gasteiger partial charge in [0, 0.05) is 12.2 Å². The number of nitrogens with zero attached hydrogens (tertiary/aromatic N) is 1. The first-order chi connectivity index (χ1) is 11.1. The lowest BCUT2D eigenvalue weighted by Crippen LogP contribution is -2.52. The van der Waals surface area contributed by atoms with Gasteiger partial charge in [-0.15, -0.1) is 0 Å². The Kier molecular flexibility index (Phi) is 5.57. The fraction of sp³-hybridized carbons (Fsp3) is 0.176. The zero-order valence-corrected chi connectivity index (χ0v) is 13.2. The topological polar surface area (TPSA) is 73.5 Å². The summed E-state index contributed by atoms with van der Waals surface area (Å²) < 4.78 is 0. The molecule has 6 nitrogen and oxygen atoms in total. The molecule has 0 aliphatic heterocycles. The van der Waals surface area contributed by atoms with Crippen LogP contribution < -0.4 is 21.1 Å². The number of hydrazine groups is 1. The van der Waals surface area contributed by atoms with Crippen molar-refractivity contribution in [3.05, 3.63) is 60.2 Å². The molecule has 120 valence electrons. The molecule has 0 saturated heterocycles. The van der Waals surface area contributed by atoms with E-state index in [0.29, 0.717) is 17.9 Å². The minimum Gasteiger partial charge on any atom is -0.337 e. The fourth-order valence-electron chi connectivity index (χ4n) is 2.00. The SMILES string of the molecule is CCNC(=O)NN(C(=O)Nc1ccccc1C)c1ccccc1. The maximum absolute atomic E-state index is 12.6. The second-order valence-corrected chi connectivity index (χ2v) is 4.89. The van der Waals surface area contributed by atoms with Crippen molar-refractivity contribution in [1.82, 2.24) is 10.7 Å². The van der Waals surface area contributed by atoms with E-state index in [1.54, 1.807) is 31.2 Å². The quantitative estimate of drug-likeness (QED) is 0.761. The standard InChI is InChI=1S/C17H20N4O2/c1-3-18-16(22)20-21(14-10-5-4-6-11-14)17(23)19-15-12-8-7-9-13(15)2/h4-12H,3H2,1-2H3,(H,19,23)(H2,18,20,22). The number of hydrogen-bond donors (Lipinski definition) is 3.